The predicted molar refractivity (Wildman–Crippen MR) is 102 cm³/mol. The molecule has 0 heterocycles. The van der Waals surface area contributed by atoms with Gasteiger partial charge in [-0.05, 0) is 48.7 Å². The van der Waals surface area contributed by atoms with E-state index in [1.165, 1.54) is 18.2 Å². The second-order valence-corrected chi connectivity index (χ2v) is 7.69. The van der Waals surface area contributed by atoms with E-state index < -0.39 is 10.0 Å². The molecule has 0 unspecified atom stereocenters. The summed E-state index contributed by atoms with van der Waals surface area (Å²) in [7, 11) is -3.69. The number of sulfonamides is 1. The number of halogens is 1. The van der Waals surface area contributed by atoms with Gasteiger partial charge in [0.05, 0.1) is 4.90 Å². The lowest BCUT2D eigenvalue weighted by atomic mass is 10.1. The molecule has 0 radical (unpaired) electrons. The molecule has 8 heteroatoms. The Morgan fingerprint density at radius 2 is 1.67 bits per heavy atom. The second kappa shape index (κ2) is 10.1. The van der Waals surface area contributed by atoms with E-state index in [1.54, 1.807) is 30.3 Å². The Labute approximate surface area is 159 Å². The highest BCUT2D eigenvalue weighted by Crippen LogP contribution is 2.09. The maximum absolute atomic E-state index is 13.5. The van der Waals surface area contributed by atoms with Gasteiger partial charge in [0.2, 0.25) is 15.9 Å². The van der Waals surface area contributed by atoms with Gasteiger partial charge in [-0.25, -0.2) is 17.9 Å². The SMILES string of the molecule is NS(=O)(=O)c1ccc(CCNC(=O)CCNCCc2ccccc2F)cc1. The van der Waals surface area contributed by atoms with Gasteiger partial charge in [0, 0.05) is 19.5 Å². The van der Waals surface area contributed by atoms with Crippen molar-refractivity contribution in [3.8, 4) is 0 Å². The molecule has 0 spiro atoms. The fourth-order valence-electron chi connectivity index (χ4n) is 2.53. The summed E-state index contributed by atoms with van der Waals surface area (Å²) in [6.45, 7) is 1.58. The maximum atomic E-state index is 13.5. The number of nitrogens with one attached hydrogen (secondary N) is 2. The van der Waals surface area contributed by atoms with Crippen LogP contribution in [0.3, 0.4) is 0 Å². The molecule has 27 heavy (non-hydrogen) atoms. The number of rotatable bonds is 10. The maximum Gasteiger partial charge on any atom is 0.238 e. The first-order valence-electron chi connectivity index (χ1n) is 8.69. The number of primary sulfonamides is 1. The number of hydrogen-bond acceptors (Lipinski definition) is 4. The minimum Gasteiger partial charge on any atom is -0.356 e. The zero-order valence-corrected chi connectivity index (χ0v) is 15.8. The molecular weight excluding hydrogens is 369 g/mol. The predicted octanol–water partition coefficient (Wildman–Crippen LogP) is 1.35. The molecule has 4 N–H and O–H groups in total. The lowest BCUT2D eigenvalue weighted by Gasteiger charge is -2.08. The van der Waals surface area contributed by atoms with Crippen LogP contribution in [0.4, 0.5) is 4.39 Å². The first kappa shape index (κ1) is 21.0. The smallest absolute Gasteiger partial charge is 0.238 e. The molecule has 0 saturated carbocycles. The van der Waals surface area contributed by atoms with Gasteiger partial charge in [-0.1, -0.05) is 30.3 Å². The van der Waals surface area contributed by atoms with Crippen molar-refractivity contribution < 1.29 is 17.6 Å². The third-order valence-electron chi connectivity index (χ3n) is 4.05. The highest BCUT2D eigenvalue weighted by Gasteiger charge is 2.07. The number of hydrogen-bond donors (Lipinski definition) is 3. The number of benzene rings is 2. The Bertz CT molecular complexity index is 855. The molecule has 0 aliphatic rings. The Hall–Kier alpha value is -2.29. The lowest BCUT2D eigenvalue weighted by molar-refractivity contribution is -0.120. The van der Waals surface area contributed by atoms with E-state index in [1.807, 2.05) is 0 Å². The van der Waals surface area contributed by atoms with Crippen molar-refractivity contribution in [3.63, 3.8) is 0 Å². The van der Waals surface area contributed by atoms with Crippen LogP contribution in [-0.4, -0.2) is 34.0 Å². The van der Waals surface area contributed by atoms with Crippen molar-refractivity contribution >= 4 is 15.9 Å². The van der Waals surface area contributed by atoms with Gasteiger partial charge >= 0.3 is 0 Å². The summed E-state index contributed by atoms with van der Waals surface area (Å²) in [5.41, 5.74) is 1.56. The minimum atomic E-state index is -3.69. The monoisotopic (exact) mass is 393 g/mol. The van der Waals surface area contributed by atoms with Gasteiger partial charge in [-0.3, -0.25) is 4.79 Å². The summed E-state index contributed by atoms with van der Waals surface area (Å²) in [5, 5.41) is 11.0. The number of carbonyl (C=O) groups is 1. The van der Waals surface area contributed by atoms with Gasteiger partial charge in [0.1, 0.15) is 5.82 Å². The summed E-state index contributed by atoms with van der Waals surface area (Å²) >= 11 is 0. The third kappa shape index (κ3) is 7.46. The lowest BCUT2D eigenvalue weighted by Crippen LogP contribution is -2.29. The molecule has 0 fully saturated rings. The first-order valence-corrected chi connectivity index (χ1v) is 10.2. The van der Waals surface area contributed by atoms with Crippen LogP contribution in [0.2, 0.25) is 0 Å². The molecule has 0 aliphatic heterocycles. The van der Waals surface area contributed by atoms with Crippen molar-refractivity contribution in [3.05, 3.63) is 65.5 Å². The molecule has 2 aromatic carbocycles. The summed E-state index contributed by atoms with van der Waals surface area (Å²) < 4.78 is 35.8. The Kier molecular flexibility index (Phi) is 7.90. The summed E-state index contributed by atoms with van der Waals surface area (Å²) in [5.74, 6) is -0.288. The standard InChI is InChI=1S/C19H24FN3O3S/c20-18-4-2-1-3-16(18)10-12-22-13-11-19(24)23-14-9-15-5-7-17(8-6-15)27(21,25)26/h1-8,22H,9-14H2,(H,23,24)(H2,21,25,26). The van der Waals surface area contributed by atoms with E-state index in [4.69, 9.17) is 5.14 Å². The summed E-state index contributed by atoms with van der Waals surface area (Å²) in [6.07, 6.45) is 1.50. The van der Waals surface area contributed by atoms with Crippen molar-refractivity contribution in [2.24, 2.45) is 5.14 Å². The Morgan fingerprint density at radius 3 is 2.33 bits per heavy atom. The fraction of sp³-hybridized carbons (Fsp3) is 0.316. The quantitative estimate of drug-likeness (QED) is 0.531. The fourth-order valence-corrected chi connectivity index (χ4v) is 3.05. The van der Waals surface area contributed by atoms with Crippen LogP contribution < -0.4 is 15.8 Å². The van der Waals surface area contributed by atoms with Crippen LogP contribution in [0.15, 0.2) is 53.4 Å². The third-order valence-corrected chi connectivity index (χ3v) is 4.97. The molecule has 146 valence electrons. The highest BCUT2D eigenvalue weighted by atomic mass is 32.2. The number of carbonyl (C=O) groups excluding carboxylic acids is 1. The van der Waals surface area contributed by atoms with Crippen molar-refractivity contribution in [2.75, 3.05) is 19.6 Å². The van der Waals surface area contributed by atoms with Crippen LogP contribution >= 0.6 is 0 Å². The summed E-state index contributed by atoms with van der Waals surface area (Å²) in [4.78, 5) is 11.9. The molecule has 2 aromatic rings. The molecule has 0 saturated heterocycles. The van der Waals surface area contributed by atoms with Crippen molar-refractivity contribution in [2.45, 2.75) is 24.2 Å². The minimum absolute atomic E-state index is 0.0664. The van der Waals surface area contributed by atoms with Gasteiger partial charge in [-0.15, -0.1) is 0 Å². The van der Waals surface area contributed by atoms with E-state index in [2.05, 4.69) is 10.6 Å². The van der Waals surface area contributed by atoms with Gasteiger partial charge in [0.25, 0.3) is 0 Å². The Morgan fingerprint density at radius 1 is 0.963 bits per heavy atom. The molecule has 0 bridgehead atoms. The van der Waals surface area contributed by atoms with E-state index in [-0.39, 0.29) is 16.6 Å². The highest BCUT2D eigenvalue weighted by molar-refractivity contribution is 7.89. The Balaban J connectivity index is 1.59. The van der Waals surface area contributed by atoms with Crippen LogP contribution in [0.5, 0.6) is 0 Å². The van der Waals surface area contributed by atoms with Crippen molar-refractivity contribution in [1.82, 2.24) is 10.6 Å². The van der Waals surface area contributed by atoms with E-state index in [0.717, 1.165) is 5.56 Å². The molecule has 0 aliphatic carbocycles. The van der Waals surface area contributed by atoms with Crippen LogP contribution in [-0.2, 0) is 27.7 Å². The zero-order chi connectivity index (χ0) is 19.7. The first-order chi connectivity index (χ1) is 12.9. The number of nitrogens with two attached hydrogens (primary N) is 1. The van der Waals surface area contributed by atoms with E-state index in [9.17, 15) is 17.6 Å². The topological polar surface area (TPSA) is 101 Å². The summed E-state index contributed by atoms with van der Waals surface area (Å²) in [6, 6.07) is 12.9. The average Bonchev–Trinajstić information content (AvgIpc) is 2.62. The van der Waals surface area contributed by atoms with Crippen LogP contribution in [0.25, 0.3) is 0 Å². The molecular formula is C19H24FN3O3S. The number of amides is 1. The molecule has 6 nitrogen and oxygen atoms in total. The van der Waals surface area contributed by atoms with Crippen molar-refractivity contribution in [1.29, 1.82) is 0 Å². The largest absolute Gasteiger partial charge is 0.356 e. The van der Waals surface area contributed by atoms with Gasteiger partial charge in [-0.2, -0.15) is 0 Å². The van der Waals surface area contributed by atoms with Crippen LogP contribution in [0.1, 0.15) is 17.5 Å². The average molecular weight is 393 g/mol. The van der Waals surface area contributed by atoms with Gasteiger partial charge in [0.15, 0.2) is 0 Å². The van der Waals surface area contributed by atoms with E-state index in [0.29, 0.717) is 44.5 Å². The van der Waals surface area contributed by atoms with Gasteiger partial charge < -0.3 is 10.6 Å². The second-order valence-electron chi connectivity index (χ2n) is 6.13. The molecule has 0 atom stereocenters. The zero-order valence-electron chi connectivity index (χ0n) is 14.9. The molecule has 0 aromatic heterocycles. The molecule has 2 rings (SSSR count). The normalized spacial score (nSPS) is 11.3. The molecule has 1 amide bonds. The van der Waals surface area contributed by atoms with Crippen LogP contribution in [0, 0.1) is 5.82 Å². The van der Waals surface area contributed by atoms with E-state index >= 15 is 0 Å².